The van der Waals surface area contributed by atoms with Gasteiger partial charge in [0.1, 0.15) is 5.70 Å². The van der Waals surface area contributed by atoms with Gasteiger partial charge in [0, 0.05) is 12.9 Å². The standard InChI is InChI=1S/C7H7NO2.C4H10N2/c9-7(10)6-4-2-1-3-5-8-6;1-2-5-4-6-3-1/h1-5,8H,(H,9,10);5-6H,1-4H2. The molecule has 0 aromatic carbocycles. The van der Waals surface area contributed by atoms with Gasteiger partial charge >= 0.3 is 5.97 Å². The zero-order chi connectivity index (χ0) is 11.6. The van der Waals surface area contributed by atoms with Crippen LogP contribution in [0.4, 0.5) is 0 Å². The van der Waals surface area contributed by atoms with Crippen LogP contribution in [0.1, 0.15) is 6.42 Å². The fraction of sp³-hybridized carbons (Fsp3) is 0.364. The van der Waals surface area contributed by atoms with Crippen LogP contribution >= 0.6 is 0 Å². The molecule has 2 aliphatic heterocycles. The molecule has 1 fully saturated rings. The summed E-state index contributed by atoms with van der Waals surface area (Å²) in [6.07, 6.45) is 9.50. The third kappa shape index (κ3) is 5.33. The smallest absolute Gasteiger partial charge is 0.352 e. The van der Waals surface area contributed by atoms with Gasteiger partial charge in [0.15, 0.2) is 0 Å². The van der Waals surface area contributed by atoms with Gasteiger partial charge in [-0.05, 0) is 31.7 Å². The third-order valence-corrected chi connectivity index (χ3v) is 2.01. The average molecular weight is 223 g/mol. The molecule has 0 saturated carbocycles. The van der Waals surface area contributed by atoms with Crippen molar-refractivity contribution < 1.29 is 9.90 Å². The summed E-state index contributed by atoms with van der Waals surface area (Å²) in [4.78, 5) is 10.3. The Hall–Kier alpha value is -1.59. The van der Waals surface area contributed by atoms with E-state index >= 15 is 0 Å². The molecule has 5 nitrogen and oxygen atoms in total. The van der Waals surface area contributed by atoms with Crippen molar-refractivity contribution in [2.45, 2.75) is 6.42 Å². The highest BCUT2D eigenvalue weighted by atomic mass is 16.4. The minimum Gasteiger partial charge on any atom is -0.477 e. The number of carbonyl (C=O) groups is 1. The third-order valence-electron chi connectivity index (χ3n) is 2.01. The molecule has 2 heterocycles. The van der Waals surface area contributed by atoms with Crippen LogP contribution in [0.3, 0.4) is 0 Å². The van der Waals surface area contributed by atoms with E-state index in [-0.39, 0.29) is 5.70 Å². The number of hydrogen-bond acceptors (Lipinski definition) is 4. The van der Waals surface area contributed by atoms with Crippen molar-refractivity contribution in [2.75, 3.05) is 19.8 Å². The topological polar surface area (TPSA) is 73.4 Å². The molecule has 0 bridgehead atoms. The first-order valence-electron chi connectivity index (χ1n) is 5.25. The minimum absolute atomic E-state index is 0.185. The van der Waals surface area contributed by atoms with Gasteiger partial charge in [-0.1, -0.05) is 12.2 Å². The van der Waals surface area contributed by atoms with E-state index in [0.29, 0.717) is 0 Å². The van der Waals surface area contributed by atoms with Gasteiger partial charge in [0.05, 0.1) is 0 Å². The summed E-state index contributed by atoms with van der Waals surface area (Å²) in [7, 11) is 0. The molecule has 0 atom stereocenters. The molecule has 5 heteroatoms. The van der Waals surface area contributed by atoms with E-state index in [2.05, 4.69) is 16.0 Å². The summed E-state index contributed by atoms with van der Waals surface area (Å²) in [5, 5.41) is 17.4. The van der Waals surface area contributed by atoms with E-state index in [1.807, 2.05) is 0 Å². The van der Waals surface area contributed by atoms with E-state index in [1.165, 1.54) is 25.6 Å². The molecular formula is C11H17N3O2. The van der Waals surface area contributed by atoms with Crippen LogP contribution in [-0.2, 0) is 4.79 Å². The van der Waals surface area contributed by atoms with Crippen LogP contribution in [0.2, 0.25) is 0 Å². The number of rotatable bonds is 1. The second kappa shape index (κ2) is 7.67. The Bertz CT molecular complexity index is 293. The summed E-state index contributed by atoms with van der Waals surface area (Å²) in [6, 6.07) is 0. The fourth-order valence-electron chi connectivity index (χ4n) is 1.19. The molecule has 88 valence electrons. The van der Waals surface area contributed by atoms with Gasteiger partial charge in [-0.2, -0.15) is 0 Å². The van der Waals surface area contributed by atoms with Crippen molar-refractivity contribution in [2.24, 2.45) is 0 Å². The normalized spacial score (nSPS) is 18.6. The lowest BCUT2D eigenvalue weighted by Crippen LogP contribution is -2.37. The lowest BCUT2D eigenvalue weighted by Gasteiger charge is -2.11. The highest BCUT2D eigenvalue weighted by Crippen LogP contribution is 1.94. The number of nitrogens with one attached hydrogen (secondary N) is 3. The van der Waals surface area contributed by atoms with Crippen LogP contribution in [0, 0.1) is 0 Å². The Morgan fingerprint density at radius 3 is 2.44 bits per heavy atom. The average Bonchev–Trinajstić information content (AvgIpc) is 2.61. The van der Waals surface area contributed by atoms with Crippen molar-refractivity contribution in [3.63, 3.8) is 0 Å². The Morgan fingerprint density at radius 1 is 1.19 bits per heavy atom. The van der Waals surface area contributed by atoms with Gasteiger partial charge in [0.2, 0.25) is 0 Å². The summed E-state index contributed by atoms with van der Waals surface area (Å²) in [5.41, 5.74) is 0.185. The number of allylic oxidation sites excluding steroid dienone is 4. The van der Waals surface area contributed by atoms with E-state index in [1.54, 1.807) is 24.4 Å². The second-order valence-electron chi connectivity index (χ2n) is 3.30. The highest BCUT2D eigenvalue weighted by Gasteiger charge is 2.02. The zero-order valence-corrected chi connectivity index (χ0v) is 9.07. The summed E-state index contributed by atoms with van der Waals surface area (Å²) < 4.78 is 0. The maximum Gasteiger partial charge on any atom is 0.352 e. The first kappa shape index (κ1) is 12.5. The van der Waals surface area contributed by atoms with Crippen LogP contribution in [-0.4, -0.2) is 30.8 Å². The Morgan fingerprint density at radius 2 is 1.94 bits per heavy atom. The maximum atomic E-state index is 10.3. The van der Waals surface area contributed by atoms with Gasteiger partial charge in [-0.3, -0.25) is 0 Å². The predicted octanol–water partition coefficient (Wildman–Crippen LogP) is 0.155. The monoisotopic (exact) mass is 223 g/mol. The van der Waals surface area contributed by atoms with Gasteiger partial charge in [-0.15, -0.1) is 0 Å². The Kier molecular flexibility index (Phi) is 5.98. The number of carboxylic acids is 1. The molecule has 0 spiro atoms. The zero-order valence-electron chi connectivity index (χ0n) is 9.07. The number of aliphatic carboxylic acids is 1. The van der Waals surface area contributed by atoms with Crippen LogP contribution in [0.5, 0.6) is 0 Å². The van der Waals surface area contributed by atoms with Crippen molar-refractivity contribution in [1.29, 1.82) is 0 Å². The Labute approximate surface area is 94.9 Å². The largest absolute Gasteiger partial charge is 0.477 e. The van der Waals surface area contributed by atoms with Crippen molar-refractivity contribution in [1.82, 2.24) is 16.0 Å². The first-order valence-corrected chi connectivity index (χ1v) is 5.25. The molecular weight excluding hydrogens is 206 g/mol. The Balaban J connectivity index is 0.000000181. The lowest BCUT2D eigenvalue weighted by atomic mass is 10.4. The van der Waals surface area contributed by atoms with Gasteiger partial charge < -0.3 is 21.1 Å². The van der Waals surface area contributed by atoms with E-state index in [4.69, 9.17) is 5.11 Å². The quantitative estimate of drug-likeness (QED) is 0.509. The SMILES string of the molecule is C1CNCNC1.O=C(O)C1=CC=CC=CN1. The van der Waals surface area contributed by atoms with Gasteiger partial charge in [-0.25, -0.2) is 4.79 Å². The van der Waals surface area contributed by atoms with Gasteiger partial charge in [0.25, 0.3) is 0 Å². The second-order valence-corrected chi connectivity index (χ2v) is 3.30. The molecule has 4 N–H and O–H groups in total. The molecule has 0 aromatic heterocycles. The molecule has 0 radical (unpaired) electrons. The maximum absolute atomic E-state index is 10.3. The van der Waals surface area contributed by atoms with Crippen LogP contribution in [0.25, 0.3) is 0 Å². The van der Waals surface area contributed by atoms with Crippen LogP contribution in [0.15, 0.2) is 36.2 Å². The highest BCUT2D eigenvalue weighted by molar-refractivity contribution is 5.86. The molecule has 0 aromatic rings. The summed E-state index contributed by atoms with van der Waals surface area (Å²) in [5.74, 6) is -0.948. The molecule has 0 aliphatic carbocycles. The number of carboxylic acid groups (broad SMARTS) is 1. The lowest BCUT2D eigenvalue weighted by molar-refractivity contribution is -0.132. The molecule has 2 rings (SSSR count). The molecule has 16 heavy (non-hydrogen) atoms. The van der Waals surface area contributed by atoms with Crippen molar-refractivity contribution in [3.8, 4) is 0 Å². The molecule has 2 aliphatic rings. The summed E-state index contributed by atoms with van der Waals surface area (Å²) in [6.45, 7) is 3.38. The molecule has 0 amide bonds. The van der Waals surface area contributed by atoms with E-state index < -0.39 is 5.97 Å². The summed E-state index contributed by atoms with van der Waals surface area (Å²) >= 11 is 0. The van der Waals surface area contributed by atoms with Crippen LogP contribution < -0.4 is 16.0 Å². The minimum atomic E-state index is -0.948. The predicted molar refractivity (Wildman–Crippen MR) is 62.6 cm³/mol. The first-order chi connectivity index (χ1) is 7.80. The van der Waals surface area contributed by atoms with E-state index in [9.17, 15) is 4.79 Å². The van der Waals surface area contributed by atoms with E-state index in [0.717, 1.165) is 6.67 Å². The number of hydrogen-bond donors (Lipinski definition) is 4. The van der Waals surface area contributed by atoms with Crippen molar-refractivity contribution in [3.05, 3.63) is 36.2 Å². The fourth-order valence-corrected chi connectivity index (χ4v) is 1.19. The molecule has 1 saturated heterocycles. The van der Waals surface area contributed by atoms with Crippen molar-refractivity contribution >= 4 is 5.97 Å². The molecule has 0 unspecified atom stereocenters.